The molecule has 94 valence electrons. The first kappa shape index (κ1) is 15.3. The Morgan fingerprint density at radius 1 is 1.31 bits per heavy atom. The van der Waals surface area contributed by atoms with Crippen LogP contribution in [-0.4, -0.2) is 34.5 Å². The van der Waals surface area contributed by atoms with E-state index < -0.39 is 5.97 Å². The van der Waals surface area contributed by atoms with Crippen LogP contribution in [0.5, 0.6) is 0 Å². The molecule has 0 aromatic heterocycles. The Balaban J connectivity index is 3.54. The fourth-order valence-electron chi connectivity index (χ4n) is 1.11. The molecule has 5 heteroatoms. The van der Waals surface area contributed by atoms with E-state index in [9.17, 15) is 9.59 Å². The maximum absolute atomic E-state index is 11.4. The van der Waals surface area contributed by atoms with Crippen LogP contribution < -0.4 is 5.32 Å². The molecule has 0 saturated carbocycles. The second kappa shape index (κ2) is 8.44. The highest BCUT2D eigenvalue weighted by atomic mass is 32.2. The molecule has 1 unspecified atom stereocenters. The van der Waals surface area contributed by atoms with Crippen molar-refractivity contribution >= 4 is 23.6 Å². The van der Waals surface area contributed by atoms with E-state index in [0.717, 1.165) is 12.2 Å². The molecular formula is C11H21NO3S. The highest BCUT2D eigenvalue weighted by Crippen LogP contribution is 2.08. The number of amides is 1. The molecule has 0 saturated heterocycles. The maximum atomic E-state index is 11.4. The molecule has 0 rings (SSSR count). The smallest absolute Gasteiger partial charge is 0.305 e. The van der Waals surface area contributed by atoms with Crippen LogP contribution in [-0.2, 0) is 9.59 Å². The number of hydrogen-bond acceptors (Lipinski definition) is 3. The Bertz CT molecular complexity index is 231. The zero-order chi connectivity index (χ0) is 12.6. The number of carboxylic acid groups (broad SMARTS) is 1. The summed E-state index contributed by atoms with van der Waals surface area (Å²) in [5.41, 5.74) is 0. The Labute approximate surface area is 101 Å². The van der Waals surface area contributed by atoms with Gasteiger partial charge in [0.2, 0.25) is 5.91 Å². The first-order valence-corrected chi connectivity index (χ1v) is 6.66. The summed E-state index contributed by atoms with van der Waals surface area (Å²) in [5.74, 6) is 1.07. The summed E-state index contributed by atoms with van der Waals surface area (Å²) in [6.07, 6.45) is 1.07. The van der Waals surface area contributed by atoms with E-state index in [1.807, 2.05) is 0 Å². The lowest BCUT2D eigenvalue weighted by Gasteiger charge is -2.11. The van der Waals surface area contributed by atoms with Crippen molar-refractivity contribution in [3.05, 3.63) is 0 Å². The lowest BCUT2D eigenvalue weighted by atomic mass is 10.2. The van der Waals surface area contributed by atoms with Crippen LogP contribution in [0.2, 0.25) is 0 Å². The average Bonchev–Trinajstić information content (AvgIpc) is 2.10. The number of aliphatic carboxylic acids is 1. The molecular weight excluding hydrogens is 226 g/mol. The molecule has 16 heavy (non-hydrogen) atoms. The summed E-state index contributed by atoms with van der Waals surface area (Å²) in [6, 6.07) is -0.296. The van der Waals surface area contributed by atoms with Gasteiger partial charge in [0.05, 0.1) is 12.2 Å². The van der Waals surface area contributed by atoms with E-state index in [4.69, 9.17) is 5.11 Å². The molecule has 0 heterocycles. The quantitative estimate of drug-likeness (QED) is 0.641. The number of carboxylic acids is 1. The minimum absolute atomic E-state index is 0.0254. The fraction of sp³-hybridized carbons (Fsp3) is 0.818. The van der Waals surface area contributed by atoms with Crippen LogP contribution in [0, 0.1) is 5.92 Å². The molecule has 0 aromatic carbocycles. The summed E-state index contributed by atoms with van der Waals surface area (Å²) in [6.45, 7) is 6.00. The van der Waals surface area contributed by atoms with Gasteiger partial charge in [0.25, 0.3) is 0 Å². The molecule has 0 aromatic rings. The third-order valence-corrected chi connectivity index (χ3v) is 2.95. The molecule has 1 atom stereocenters. The molecule has 0 aliphatic carbocycles. The van der Waals surface area contributed by atoms with Crippen molar-refractivity contribution in [3.63, 3.8) is 0 Å². The van der Waals surface area contributed by atoms with Gasteiger partial charge in [-0.25, -0.2) is 0 Å². The van der Waals surface area contributed by atoms with Gasteiger partial charge in [0.15, 0.2) is 0 Å². The molecule has 2 N–H and O–H groups in total. The van der Waals surface area contributed by atoms with Gasteiger partial charge >= 0.3 is 5.97 Å². The minimum atomic E-state index is -0.889. The number of carbonyl (C=O) groups is 2. The van der Waals surface area contributed by atoms with Crippen molar-refractivity contribution in [1.82, 2.24) is 5.32 Å². The lowest BCUT2D eigenvalue weighted by molar-refractivity contribution is -0.137. The fourth-order valence-corrected chi connectivity index (χ4v) is 2.16. The first-order valence-electron chi connectivity index (χ1n) is 5.50. The van der Waals surface area contributed by atoms with Crippen LogP contribution in [0.4, 0.5) is 0 Å². The van der Waals surface area contributed by atoms with Gasteiger partial charge in [-0.2, -0.15) is 11.8 Å². The van der Waals surface area contributed by atoms with Gasteiger partial charge in [-0.05, 0) is 25.0 Å². The summed E-state index contributed by atoms with van der Waals surface area (Å²) in [4.78, 5) is 21.7. The van der Waals surface area contributed by atoms with Crippen LogP contribution in [0.15, 0.2) is 0 Å². The van der Waals surface area contributed by atoms with E-state index >= 15 is 0 Å². The lowest BCUT2D eigenvalue weighted by Crippen LogP contribution is -2.35. The van der Waals surface area contributed by atoms with Gasteiger partial charge in [-0.1, -0.05) is 13.8 Å². The van der Waals surface area contributed by atoms with Crippen LogP contribution in [0.3, 0.4) is 0 Å². The third kappa shape index (κ3) is 9.83. The van der Waals surface area contributed by atoms with E-state index in [1.54, 1.807) is 18.7 Å². The van der Waals surface area contributed by atoms with Crippen molar-refractivity contribution in [3.8, 4) is 0 Å². The number of hydrogen-bond donors (Lipinski definition) is 2. The topological polar surface area (TPSA) is 66.4 Å². The third-order valence-electron chi connectivity index (χ3n) is 1.96. The van der Waals surface area contributed by atoms with Crippen molar-refractivity contribution in [2.24, 2.45) is 5.92 Å². The Hall–Kier alpha value is -0.710. The predicted octanol–water partition coefficient (Wildman–Crippen LogP) is 1.75. The van der Waals surface area contributed by atoms with Gasteiger partial charge in [0.1, 0.15) is 0 Å². The maximum Gasteiger partial charge on any atom is 0.305 e. The number of thioether (sulfide) groups is 1. The monoisotopic (exact) mass is 247 g/mol. The standard InChI is InChI=1S/C11H21NO3S/c1-8(2)4-5-16-7-10(13)12-9(3)6-11(14)15/h8-9H,4-7H2,1-3H3,(H,12,13)(H,14,15). The zero-order valence-corrected chi connectivity index (χ0v) is 11.0. The van der Waals surface area contributed by atoms with Crippen LogP contribution in [0.25, 0.3) is 0 Å². The van der Waals surface area contributed by atoms with Crippen molar-refractivity contribution in [2.75, 3.05) is 11.5 Å². The first-order chi connectivity index (χ1) is 7.41. The van der Waals surface area contributed by atoms with Crippen molar-refractivity contribution in [2.45, 2.75) is 39.7 Å². The summed E-state index contributed by atoms with van der Waals surface area (Å²) >= 11 is 1.59. The molecule has 1 amide bonds. The molecule has 4 nitrogen and oxygen atoms in total. The second-order valence-corrected chi connectivity index (χ2v) is 5.41. The minimum Gasteiger partial charge on any atom is -0.481 e. The van der Waals surface area contributed by atoms with Gasteiger partial charge in [0, 0.05) is 6.04 Å². The predicted molar refractivity (Wildman–Crippen MR) is 66.6 cm³/mol. The normalized spacial score (nSPS) is 12.5. The molecule has 0 radical (unpaired) electrons. The Morgan fingerprint density at radius 2 is 1.94 bits per heavy atom. The van der Waals surface area contributed by atoms with Crippen LogP contribution >= 0.6 is 11.8 Å². The SMILES string of the molecule is CC(C)CCSCC(=O)NC(C)CC(=O)O. The van der Waals surface area contributed by atoms with Crippen LogP contribution in [0.1, 0.15) is 33.6 Å². The highest BCUT2D eigenvalue weighted by molar-refractivity contribution is 7.99. The second-order valence-electron chi connectivity index (χ2n) is 4.30. The average molecular weight is 247 g/mol. The van der Waals surface area contributed by atoms with Gasteiger partial charge in [-0.3, -0.25) is 9.59 Å². The molecule has 0 bridgehead atoms. The zero-order valence-electron chi connectivity index (χ0n) is 10.2. The van der Waals surface area contributed by atoms with Crippen molar-refractivity contribution in [1.29, 1.82) is 0 Å². The van der Waals surface area contributed by atoms with E-state index in [-0.39, 0.29) is 18.4 Å². The molecule has 0 aliphatic rings. The summed E-state index contributed by atoms with van der Waals surface area (Å²) in [5, 5.41) is 11.2. The van der Waals surface area contributed by atoms with Gasteiger partial charge < -0.3 is 10.4 Å². The number of rotatable bonds is 8. The van der Waals surface area contributed by atoms with E-state index in [0.29, 0.717) is 11.7 Å². The summed E-state index contributed by atoms with van der Waals surface area (Å²) < 4.78 is 0. The Morgan fingerprint density at radius 3 is 2.44 bits per heavy atom. The molecule has 0 aliphatic heterocycles. The van der Waals surface area contributed by atoms with Gasteiger partial charge in [-0.15, -0.1) is 0 Å². The Kier molecular flexibility index (Phi) is 8.07. The number of carbonyl (C=O) groups excluding carboxylic acids is 1. The van der Waals surface area contributed by atoms with E-state index in [2.05, 4.69) is 19.2 Å². The van der Waals surface area contributed by atoms with Crippen molar-refractivity contribution < 1.29 is 14.7 Å². The summed E-state index contributed by atoms with van der Waals surface area (Å²) in [7, 11) is 0. The number of nitrogens with one attached hydrogen (secondary N) is 1. The largest absolute Gasteiger partial charge is 0.481 e. The van der Waals surface area contributed by atoms with E-state index in [1.165, 1.54) is 0 Å². The highest BCUT2D eigenvalue weighted by Gasteiger charge is 2.10. The molecule has 0 fully saturated rings. The molecule has 0 spiro atoms.